The summed E-state index contributed by atoms with van der Waals surface area (Å²) in [4.78, 5) is 16.8. The fraction of sp³-hybridized carbons (Fsp3) is 0.238. The molecule has 1 aliphatic rings. The van der Waals surface area contributed by atoms with E-state index in [2.05, 4.69) is 34.3 Å². The van der Waals surface area contributed by atoms with Crippen LogP contribution in [0.25, 0.3) is 0 Å². The summed E-state index contributed by atoms with van der Waals surface area (Å²) >= 11 is 12.2. The molecule has 0 bridgehead atoms. The highest BCUT2D eigenvalue weighted by Gasteiger charge is 2.28. The van der Waals surface area contributed by atoms with Gasteiger partial charge in [0.25, 0.3) is 0 Å². The first-order valence-corrected chi connectivity index (χ1v) is 9.91. The minimum Gasteiger partial charge on any atom is -0.320 e. The van der Waals surface area contributed by atoms with E-state index in [-0.39, 0.29) is 12.1 Å². The van der Waals surface area contributed by atoms with Gasteiger partial charge >= 0.3 is 6.03 Å². The summed E-state index contributed by atoms with van der Waals surface area (Å²) in [7, 11) is 0. The molecule has 0 atom stereocenters. The van der Waals surface area contributed by atoms with E-state index in [0.29, 0.717) is 23.1 Å². The lowest BCUT2D eigenvalue weighted by Crippen LogP contribution is -2.51. The predicted molar refractivity (Wildman–Crippen MR) is 111 cm³/mol. The molecule has 1 fully saturated rings. The Bertz CT molecular complexity index is 873. The van der Waals surface area contributed by atoms with Gasteiger partial charge < -0.3 is 4.90 Å². The molecule has 144 valence electrons. The molecule has 2 aromatic carbocycles. The number of halogens is 2. The van der Waals surface area contributed by atoms with Crippen LogP contribution in [0.3, 0.4) is 0 Å². The third-order valence-electron chi connectivity index (χ3n) is 5.02. The Hall–Kier alpha value is -2.34. The second-order valence-corrected chi connectivity index (χ2v) is 7.63. The molecule has 0 radical (unpaired) electrons. The highest BCUT2D eigenvalue weighted by Crippen LogP contribution is 2.31. The summed E-state index contributed by atoms with van der Waals surface area (Å²) in [6, 6.07) is 17.6. The standard InChI is InChI=1S/C21H20Cl2N4O/c22-18-6-2-16(3-7-18)20(17-4-8-19(23)9-5-17)25-12-14-26(15-13-25)21(28)27-11-1-10-24-27/h1-11,20H,12-15H2. The molecule has 0 N–H and O–H groups in total. The van der Waals surface area contributed by atoms with Crippen LogP contribution in [0.5, 0.6) is 0 Å². The zero-order valence-electron chi connectivity index (χ0n) is 15.2. The molecule has 1 saturated heterocycles. The largest absolute Gasteiger partial charge is 0.344 e. The van der Waals surface area contributed by atoms with Crippen LogP contribution < -0.4 is 0 Å². The monoisotopic (exact) mass is 414 g/mol. The molecule has 1 aromatic heterocycles. The Morgan fingerprint density at radius 2 is 1.39 bits per heavy atom. The van der Waals surface area contributed by atoms with Crippen LogP contribution in [-0.4, -0.2) is 51.8 Å². The topological polar surface area (TPSA) is 41.4 Å². The number of nitrogens with zero attached hydrogens (tertiary/aromatic N) is 4. The van der Waals surface area contributed by atoms with Crippen LogP contribution in [0.4, 0.5) is 4.79 Å². The average Bonchev–Trinajstić information content (AvgIpc) is 3.26. The third kappa shape index (κ3) is 4.07. The number of hydrogen-bond acceptors (Lipinski definition) is 3. The zero-order valence-corrected chi connectivity index (χ0v) is 16.7. The van der Waals surface area contributed by atoms with Crippen molar-refractivity contribution >= 4 is 29.2 Å². The predicted octanol–water partition coefficient (Wildman–Crippen LogP) is 4.57. The maximum absolute atomic E-state index is 12.5. The quantitative estimate of drug-likeness (QED) is 0.630. The van der Waals surface area contributed by atoms with Gasteiger partial charge in [0.2, 0.25) is 0 Å². The Morgan fingerprint density at radius 1 is 0.857 bits per heavy atom. The lowest BCUT2D eigenvalue weighted by molar-refractivity contribution is 0.119. The molecular weight excluding hydrogens is 395 g/mol. The first-order valence-electron chi connectivity index (χ1n) is 9.16. The first kappa shape index (κ1) is 19.0. The van der Waals surface area contributed by atoms with E-state index in [9.17, 15) is 4.79 Å². The summed E-state index contributed by atoms with van der Waals surface area (Å²) in [6.07, 6.45) is 3.30. The summed E-state index contributed by atoms with van der Waals surface area (Å²) in [5, 5.41) is 5.48. The molecule has 0 unspecified atom stereocenters. The van der Waals surface area contributed by atoms with Crippen molar-refractivity contribution in [3.63, 3.8) is 0 Å². The van der Waals surface area contributed by atoms with Crippen LogP contribution >= 0.6 is 23.2 Å². The third-order valence-corrected chi connectivity index (χ3v) is 5.53. The molecule has 4 rings (SSSR count). The number of hydrogen-bond donors (Lipinski definition) is 0. The smallest absolute Gasteiger partial charge is 0.320 e. The molecule has 0 saturated carbocycles. The number of amides is 1. The minimum atomic E-state index is -0.0841. The van der Waals surface area contributed by atoms with E-state index >= 15 is 0 Å². The van der Waals surface area contributed by atoms with Crippen LogP contribution in [0, 0.1) is 0 Å². The SMILES string of the molecule is O=C(N1CCN(C(c2ccc(Cl)cc2)c2ccc(Cl)cc2)CC1)n1cccn1. The van der Waals surface area contributed by atoms with E-state index in [0.717, 1.165) is 13.1 Å². The van der Waals surface area contributed by atoms with Crippen molar-refractivity contribution in [2.75, 3.05) is 26.2 Å². The summed E-state index contributed by atoms with van der Waals surface area (Å²) < 4.78 is 1.38. The number of carbonyl (C=O) groups is 1. The summed E-state index contributed by atoms with van der Waals surface area (Å²) in [5.41, 5.74) is 2.33. The molecule has 0 spiro atoms. The van der Waals surface area contributed by atoms with Gasteiger partial charge in [-0.25, -0.2) is 4.79 Å². The van der Waals surface area contributed by atoms with Crippen molar-refractivity contribution < 1.29 is 4.79 Å². The highest BCUT2D eigenvalue weighted by atomic mass is 35.5. The number of benzene rings is 2. The van der Waals surface area contributed by atoms with Gasteiger partial charge in [-0.05, 0) is 41.5 Å². The van der Waals surface area contributed by atoms with Crippen molar-refractivity contribution in [2.45, 2.75) is 6.04 Å². The van der Waals surface area contributed by atoms with E-state index in [1.807, 2.05) is 29.2 Å². The molecule has 7 heteroatoms. The number of carbonyl (C=O) groups excluding carboxylic acids is 1. The zero-order chi connectivity index (χ0) is 19.5. The van der Waals surface area contributed by atoms with E-state index < -0.39 is 0 Å². The average molecular weight is 415 g/mol. The van der Waals surface area contributed by atoms with Crippen molar-refractivity contribution in [1.82, 2.24) is 19.6 Å². The van der Waals surface area contributed by atoms with Gasteiger partial charge in [0.05, 0.1) is 6.04 Å². The van der Waals surface area contributed by atoms with E-state index in [1.54, 1.807) is 18.5 Å². The second-order valence-electron chi connectivity index (χ2n) is 6.76. The van der Waals surface area contributed by atoms with Crippen molar-refractivity contribution in [2.24, 2.45) is 0 Å². The van der Waals surface area contributed by atoms with Crippen molar-refractivity contribution in [3.8, 4) is 0 Å². The highest BCUT2D eigenvalue weighted by molar-refractivity contribution is 6.30. The second kappa shape index (κ2) is 8.35. The molecule has 0 aliphatic carbocycles. The maximum atomic E-state index is 12.5. The number of piperazine rings is 1. The van der Waals surface area contributed by atoms with Crippen LogP contribution in [0.1, 0.15) is 17.2 Å². The van der Waals surface area contributed by atoms with Crippen LogP contribution in [0.2, 0.25) is 10.0 Å². The Kier molecular flexibility index (Phi) is 5.67. The van der Waals surface area contributed by atoms with Gasteiger partial charge in [-0.15, -0.1) is 0 Å². The number of aromatic nitrogens is 2. The Balaban J connectivity index is 1.55. The van der Waals surface area contributed by atoms with Crippen molar-refractivity contribution in [3.05, 3.63) is 88.2 Å². The Labute approximate surface area is 174 Å². The molecule has 1 aliphatic heterocycles. The summed E-state index contributed by atoms with van der Waals surface area (Å²) in [6.45, 7) is 2.83. The normalized spacial score (nSPS) is 15.2. The molecule has 1 amide bonds. The fourth-order valence-electron chi connectivity index (χ4n) is 3.60. The van der Waals surface area contributed by atoms with Gasteiger partial charge in [-0.2, -0.15) is 9.78 Å². The molecule has 2 heterocycles. The molecule has 5 nitrogen and oxygen atoms in total. The van der Waals surface area contributed by atoms with Crippen LogP contribution in [0.15, 0.2) is 67.0 Å². The molecule has 28 heavy (non-hydrogen) atoms. The summed E-state index contributed by atoms with van der Waals surface area (Å²) in [5.74, 6) is 0. The van der Waals surface area contributed by atoms with Gasteiger partial charge in [-0.3, -0.25) is 4.90 Å². The van der Waals surface area contributed by atoms with Gasteiger partial charge in [0.15, 0.2) is 0 Å². The van der Waals surface area contributed by atoms with Crippen molar-refractivity contribution in [1.29, 1.82) is 0 Å². The van der Waals surface area contributed by atoms with Crippen LogP contribution in [-0.2, 0) is 0 Å². The first-order chi connectivity index (χ1) is 13.6. The van der Waals surface area contributed by atoms with Gasteiger partial charge in [0.1, 0.15) is 0 Å². The fourth-order valence-corrected chi connectivity index (χ4v) is 3.85. The minimum absolute atomic E-state index is 0.0801. The maximum Gasteiger partial charge on any atom is 0.344 e. The molecular formula is C21H20Cl2N4O. The lowest BCUT2D eigenvalue weighted by Gasteiger charge is -2.39. The van der Waals surface area contributed by atoms with E-state index in [1.165, 1.54) is 15.8 Å². The van der Waals surface area contributed by atoms with Gasteiger partial charge in [0, 0.05) is 48.6 Å². The Morgan fingerprint density at radius 3 is 1.86 bits per heavy atom. The number of rotatable bonds is 3. The molecule has 3 aromatic rings. The van der Waals surface area contributed by atoms with Gasteiger partial charge in [-0.1, -0.05) is 47.5 Å². The van der Waals surface area contributed by atoms with E-state index in [4.69, 9.17) is 23.2 Å². The lowest BCUT2D eigenvalue weighted by atomic mass is 9.96.